The Morgan fingerprint density at radius 2 is 2.05 bits per heavy atom. The molecule has 1 aliphatic rings. The van der Waals surface area contributed by atoms with Crippen molar-refractivity contribution in [3.8, 4) is 0 Å². The average Bonchev–Trinajstić information content (AvgIpc) is 3.14. The van der Waals surface area contributed by atoms with Crippen LogP contribution in [0.4, 0.5) is 0 Å². The molecule has 19 heavy (non-hydrogen) atoms. The maximum Gasteiger partial charge on any atom is 0.0472 e. The molecule has 0 bridgehead atoms. The molecule has 2 nitrogen and oxygen atoms in total. The third-order valence-corrected chi connectivity index (χ3v) is 4.15. The third kappa shape index (κ3) is 2.74. The van der Waals surface area contributed by atoms with Gasteiger partial charge in [-0.25, -0.2) is 0 Å². The Hall–Kier alpha value is -1.54. The van der Waals surface area contributed by atoms with E-state index < -0.39 is 0 Å². The molecule has 3 rings (SSSR count). The fourth-order valence-corrected chi connectivity index (χ4v) is 2.83. The van der Waals surface area contributed by atoms with E-state index in [1.54, 1.807) is 0 Å². The molecule has 1 aliphatic carbocycles. The summed E-state index contributed by atoms with van der Waals surface area (Å²) in [5.41, 5.74) is 4.20. The molecule has 1 heterocycles. The Balaban J connectivity index is 1.76. The molecule has 0 aliphatic heterocycles. The summed E-state index contributed by atoms with van der Waals surface area (Å²) in [6.07, 6.45) is 7.24. The van der Waals surface area contributed by atoms with E-state index in [0.29, 0.717) is 6.04 Å². The fourth-order valence-electron chi connectivity index (χ4n) is 2.83. The summed E-state index contributed by atoms with van der Waals surface area (Å²) in [5, 5.41) is 3.46. The second-order valence-corrected chi connectivity index (χ2v) is 5.65. The Labute approximate surface area is 115 Å². The first-order valence-electron chi connectivity index (χ1n) is 7.15. The lowest BCUT2D eigenvalue weighted by molar-refractivity contribution is 0.528. The first-order valence-corrected chi connectivity index (χ1v) is 7.15. The summed E-state index contributed by atoms with van der Waals surface area (Å²) >= 11 is 0. The van der Waals surface area contributed by atoms with Gasteiger partial charge in [-0.15, -0.1) is 0 Å². The van der Waals surface area contributed by atoms with E-state index in [1.165, 1.54) is 29.5 Å². The molecule has 1 saturated carbocycles. The molecular weight excluding hydrogens is 232 g/mol. The molecule has 1 unspecified atom stereocenters. The van der Waals surface area contributed by atoms with E-state index in [4.69, 9.17) is 0 Å². The van der Waals surface area contributed by atoms with Gasteiger partial charge < -0.3 is 9.88 Å². The van der Waals surface area contributed by atoms with Crippen LogP contribution in [0.2, 0.25) is 0 Å². The first kappa shape index (κ1) is 12.5. The van der Waals surface area contributed by atoms with Gasteiger partial charge in [-0.3, -0.25) is 0 Å². The van der Waals surface area contributed by atoms with Gasteiger partial charge in [-0.05, 0) is 55.5 Å². The van der Waals surface area contributed by atoms with Crippen LogP contribution in [0.15, 0.2) is 42.7 Å². The zero-order chi connectivity index (χ0) is 13.2. The first-order chi connectivity index (χ1) is 9.28. The van der Waals surface area contributed by atoms with Crippen LogP contribution in [-0.4, -0.2) is 11.6 Å². The van der Waals surface area contributed by atoms with Crippen molar-refractivity contribution in [2.75, 3.05) is 7.05 Å². The molecule has 1 atom stereocenters. The maximum absolute atomic E-state index is 3.46. The second kappa shape index (κ2) is 5.22. The lowest BCUT2D eigenvalue weighted by Crippen LogP contribution is -2.17. The molecular formula is C17H22N2. The van der Waals surface area contributed by atoms with E-state index in [9.17, 15) is 0 Å². The van der Waals surface area contributed by atoms with Crippen LogP contribution >= 0.6 is 0 Å². The summed E-state index contributed by atoms with van der Waals surface area (Å²) in [4.78, 5) is 0. The Morgan fingerprint density at radius 1 is 1.26 bits per heavy atom. The van der Waals surface area contributed by atoms with Crippen LogP contribution in [0.5, 0.6) is 0 Å². The van der Waals surface area contributed by atoms with Crippen molar-refractivity contribution in [1.82, 2.24) is 9.88 Å². The molecule has 0 amide bonds. The van der Waals surface area contributed by atoms with Crippen LogP contribution in [0.1, 0.15) is 35.6 Å². The van der Waals surface area contributed by atoms with Gasteiger partial charge in [0.15, 0.2) is 0 Å². The number of nitrogens with zero attached hydrogens (tertiary/aromatic N) is 1. The van der Waals surface area contributed by atoms with Gasteiger partial charge in [0, 0.05) is 25.0 Å². The summed E-state index contributed by atoms with van der Waals surface area (Å²) in [6.45, 7) is 3.15. The van der Waals surface area contributed by atoms with E-state index in [-0.39, 0.29) is 0 Å². The molecule has 1 fully saturated rings. The van der Waals surface area contributed by atoms with Crippen molar-refractivity contribution in [3.05, 3.63) is 59.4 Å². The van der Waals surface area contributed by atoms with Crippen LogP contribution in [0.25, 0.3) is 0 Å². The standard InChI is InChI=1S/C17H22N2/c1-13-5-3-4-6-15(13)11-19-10-9-16(12-19)17(18-2)14-7-8-14/h3-6,9-10,12,14,17-18H,7-8,11H2,1-2H3. The fraction of sp³-hybridized carbons (Fsp3) is 0.412. The maximum atomic E-state index is 3.46. The Kier molecular flexibility index (Phi) is 3.43. The molecule has 1 N–H and O–H groups in total. The van der Waals surface area contributed by atoms with Gasteiger partial charge >= 0.3 is 0 Å². The molecule has 1 aromatic carbocycles. The normalized spacial score (nSPS) is 16.5. The topological polar surface area (TPSA) is 17.0 Å². The molecule has 0 radical (unpaired) electrons. The van der Waals surface area contributed by atoms with Gasteiger partial charge in [0.25, 0.3) is 0 Å². The predicted octanol–water partition coefficient (Wildman–Crippen LogP) is 3.52. The van der Waals surface area contributed by atoms with Crippen molar-refractivity contribution in [2.45, 2.75) is 32.4 Å². The van der Waals surface area contributed by atoms with E-state index in [2.05, 4.69) is 66.6 Å². The molecule has 1 aromatic heterocycles. The highest BCUT2D eigenvalue weighted by Crippen LogP contribution is 2.40. The Bertz CT molecular complexity index is 552. The highest BCUT2D eigenvalue weighted by molar-refractivity contribution is 5.27. The number of benzene rings is 1. The lowest BCUT2D eigenvalue weighted by Gasteiger charge is -2.13. The molecule has 2 aromatic rings. The van der Waals surface area contributed by atoms with Crippen molar-refractivity contribution < 1.29 is 0 Å². The van der Waals surface area contributed by atoms with E-state index in [1.807, 2.05) is 0 Å². The van der Waals surface area contributed by atoms with Crippen molar-refractivity contribution in [3.63, 3.8) is 0 Å². The summed E-state index contributed by atoms with van der Waals surface area (Å²) in [7, 11) is 2.07. The molecule has 2 heteroatoms. The van der Waals surface area contributed by atoms with Crippen molar-refractivity contribution >= 4 is 0 Å². The van der Waals surface area contributed by atoms with Gasteiger partial charge in [0.05, 0.1) is 0 Å². The van der Waals surface area contributed by atoms with Crippen LogP contribution in [-0.2, 0) is 6.54 Å². The van der Waals surface area contributed by atoms with Gasteiger partial charge in [-0.1, -0.05) is 24.3 Å². The smallest absolute Gasteiger partial charge is 0.0472 e. The summed E-state index contributed by atoms with van der Waals surface area (Å²) in [5.74, 6) is 0.847. The van der Waals surface area contributed by atoms with Crippen molar-refractivity contribution in [2.24, 2.45) is 5.92 Å². The van der Waals surface area contributed by atoms with Gasteiger partial charge in [0.1, 0.15) is 0 Å². The molecule has 100 valence electrons. The minimum absolute atomic E-state index is 0.540. The highest BCUT2D eigenvalue weighted by Gasteiger charge is 2.31. The third-order valence-electron chi connectivity index (χ3n) is 4.15. The SMILES string of the molecule is CNC(c1ccn(Cc2ccccc2C)c1)C1CC1. The molecule has 0 saturated heterocycles. The largest absolute Gasteiger partial charge is 0.350 e. The minimum Gasteiger partial charge on any atom is -0.350 e. The van der Waals surface area contributed by atoms with Crippen LogP contribution < -0.4 is 5.32 Å². The van der Waals surface area contributed by atoms with Crippen LogP contribution in [0.3, 0.4) is 0 Å². The number of aryl methyl sites for hydroxylation is 1. The number of hydrogen-bond acceptors (Lipinski definition) is 1. The number of aromatic nitrogens is 1. The zero-order valence-electron chi connectivity index (χ0n) is 11.8. The Morgan fingerprint density at radius 3 is 2.74 bits per heavy atom. The van der Waals surface area contributed by atoms with Crippen LogP contribution in [0, 0.1) is 12.8 Å². The number of hydrogen-bond donors (Lipinski definition) is 1. The monoisotopic (exact) mass is 254 g/mol. The lowest BCUT2D eigenvalue weighted by atomic mass is 10.1. The minimum atomic E-state index is 0.540. The second-order valence-electron chi connectivity index (χ2n) is 5.65. The van der Waals surface area contributed by atoms with Crippen molar-refractivity contribution in [1.29, 1.82) is 0 Å². The van der Waals surface area contributed by atoms with Gasteiger partial charge in [0.2, 0.25) is 0 Å². The van der Waals surface area contributed by atoms with E-state index in [0.717, 1.165) is 12.5 Å². The predicted molar refractivity (Wildman–Crippen MR) is 79.2 cm³/mol. The van der Waals surface area contributed by atoms with E-state index >= 15 is 0 Å². The summed E-state index contributed by atoms with van der Waals surface area (Å²) in [6, 6.07) is 11.4. The zero-order valence-corrected chi connectivity index (χ0v) is 11.8. The quantitative estimate of drug-likeness (QED) is 0.864. The highest BCUT2D eigenvalue weighted by atomic mass is 15.0. The van der Waals surface area contributed by atoms with Gasteiger partial charge in [-0.2, -0.15) is 0 Å². The average molecular weight is 254 g/mol. The number of rotatable bonds is 5. The summed E-state index contributed by atoms with van der Waals surface area (Å²) < 4.78 is 2.30. The number of nitrogens with one attached hydrogen (secondary N) is 1. The molecule has 0 spiro atoms.